The van der Waals surface area contributed by atoms with Gasteiger partial charge >= 0.3 is 0 Å². The van der Waals surface area contributed by atoms with E-state index in [1.165, 1.54) is 0 Å². The third kappa shape index (κ3) is 2.31. The van der Waals surface area contributed by atoms with Crippen molar-refractivity contribution in [1.29, 1.82) is 0 Å². The van der Waals surface area contributed by atoms with Gasteiger partial charge in [0.1, 0.15) is 0 Å². The summed E-state index contributed by atoms with van der Waals surface area (Å²) in [6.07, 6.45) is 0.0912. The van der Waals surface area contributed by atoms with Crippen LogP contribution in [0, 0.1) is 11.8 Å². The number of halogens is 1. The highest BCUT2D eigenvalue weighted by Crippen LogP contribution is 2.36. The summed E-state index contributed by atoms with van der Waals surface area (Å²) in [5.41, 5.74) is 7.03. The van der Waals surface area contributed by atoms with Gasteiger partial charge in [0.25, 0.3) is 0 Å². The van der Waals surface area contributed by atoms with Crippen LogP contribution in [0.15, 0.2) is 22.7 Å². The summed E-state index contributed by atoms with van der Waals surface area (Å²) < 4.78 is 6.49. The van der Waals surface area contributed by atoms with Gasteiger partial charge in [0.15, 0.2) is 5.78 Å². The number of nitrogen functional groups attached to an aromatic ring is 1. The molecule has 2 N–H and O–H groups in total. The van der Waals surface area contributed by atoms with Gasteiger partial charge in [-0.3, -0.25) is 4.79 Å². The smallest absolute Gasteiger partial charge is 0.170 e. The molecule has 0 amide bonds. The average Bonchev–Trinajstić information content (AvgIpc) is 2.52. The Kier molecular flexibility index (Phi) is 3.78. The third-order valence-electron chi connectivity index (χ3n) is 3.80. The molecule has 2 rings (SSSR count). The Hall–Kier alpha value is -0.870. The molecular weight excluding hydrogens is 294 g/mol. The molecule has 1 aliphatic rings. The van der Waals surface area contributed by atoms with E-state index >= 15 is 0 Å². The van der Waals surface area contributed by atoms with Crippen LogP contribution in [0.2, 0.25) is 0 Å². The Morgan fingerprint density at radius 1 is 1.28 bits per heavy atom. The number of Topliss-reactive ketones (excluding diaryl/α,β-unsaturated/α-hetero) is 1. The molecule has 0 aromatic heterocycles. The van der Waals surface area contributed by atoms with Gasteiger partial charge in [-0.25, -0.2) is 0 Å². The van der Waals surface area contributed by atoms with E-state index in [9.17, 15) is 4.79 Å². The van der Waals surface area contributed by atoms with Gasteiger partial charge in [-0.15, -0.1) is 0 Å². The molecule has 18 heavy (non-hydrogen) atoms. The number of ketones is 1. The van der Waals surface area contributed by atoms with E-state index < -0.39 is 0 Å². The van der Waals surface area contributed by atoms with Crippen molar-refractivity contribution in [2.45, 2.75) is 33.0 Å². The van der Waals surface area contributed by atoms with Crippen molar-refractivity contribution in [2.24, 2.45) is 11.8 Å². The number of nitrogens with two attached hydrogens (primary N) is 1. The van der Waals surface area contributed by atoms with Gasteiger partial charge in [0.05, 0.1) is 18.1 Å². The first-order valence-electron chi connectivity index (χ1n) is 6.16. The van der Waals surface area contributed by atoms with Crippen LogP contribution in [0.1, 0.15) is 31.1 Å². The molecule has 1 fully saturated rings. The Morgan fingerprint density at radius 2 is 1.94 bits per heavy atom. The first-order chi connectivity index (χ1) is 8.41. The van der Waals surface area contributed by atoms with E-state index in [1.807, 2.05) is 13.8 Å². The fourth-order valence-electron chi connectivity index (χ4n) is 2.63. The van der Waals surface area contributed by atoms with Crippen LogP contribution >= 0.6 is 15.9 Å². The zero-order valence-corrected chi connectivity index (χ0v) is 12.4. The van der Waals surface area contributed by atoms with Crippen LogP contribution in [-0.4, -0.2) is 18.0 Å². The molecule has 0 spiro atoms. The van der Waals surface area contributed by atoms with Crippen molar-refractivity contribution in [2.75, 3.05) is 5.73 Å². The number of carbonyl (C=O) groups is 1. The van der Waals surface area contributed by atoms with Gasteiger partial charge in [0, 0.05) is 15.7 Å². The molecule has 1 heterocycles. The van der Waals surface area contributed by atoms with Crippen molar-refractivity contribution in [3.8, 4) is 0 Å². The summed E-state index contributed by atoms with van der Waals surface area (Å²) in [7, 11) is 0. The Morgan fingerprint density at radius 3 is 2.44 bits per heavy atom. The molecule has 0 radical (unpaired) electrons. The average molecular weight is 312 g/mol. The lowest BCUT2D eigenvalue weighted by atomic mass is 9.83. The lowest BCUT2D eigenvalue weighted by molar-refractivity contribution is 0.0491. The van der Waals surface area contributed by atoms with Gasteiger partial charge in [-0.05, 0) is 53.9 Å². The molecule has 0 saturated carbocycles. The fraction of sp³-hybridized carbons (Fsp3) is 0.500. The zero-order valence-electron chi connectivity index (χ0n) is 10.8. The van der Waals surface area contributed by atoms with Crippen LogP contribution in [0.25, 0.3) is 0 Å². The topological polar surface area (TPSA) is 52.3 Å². The van der Waals surface area contributed by atoms with Crippen molar-refractivity contribution in [3.05, 3.63) is 28.2 Å². The summed E-state index contributed by atoms with van der Waals surface area (Å²) in [6, 6.07) is 5.30. The van der Waals surface area contributed by atoms with Gasteiger partial charge in [-0.1, -0.05) is 6.92 Å². The Bertz CT molecular complexity index is 475. The van der Waals surface area contributed by atoms with Crippen molar-refractivity contribution in [3.63, 3.8) is 0 Å². The number of benzene rings is 1. The molecule has 1 aromatic carbocycles. The van der Waals surface area contributed by atoms with Gasteiger partial charge < -0.3 is 10.5 Å². The summed E-state index contributed by atoms with van der Waals surface area (Å²) in [6.45, 7) is 6.06. The second-order valence-electron chi connectivity index (χ2n) is 5.03. The summed E-state index contributed by atoms with van der Waals surface area (Å²) in [4.78, 5) is 12.6. The van der Waals surface area contributed by atoms with Crippen LogP contribution in [0.4, 0.5) is 5.69 Å². The first kappa shape index (κ1) is 13.6. The van der Waals surface area contributed by atoms with Crippen LogP contribution < -0.4 is 5.73 Å². The molecule has 0 aliphatic carbocycles. The molecular formula is C14H18BrNO2. The minimum absolute atomic E-state index is 0.0352. The second-order valence-corrected chi connectivity index (χ2v) is 5.89. The number of carbonyl (C=O) groups excluding carboxylic acids is 1. The first-order valence-corrected chi connectivity index (χ1v) is 6.95. The standard InChI is InChI=1S/C14H18BrNO2/c1-7-8(2)18-9(3)13(7)14(17)11-5-4-10(16)6-12(11)15/h4-9,13H,16H2,1-3H3. The van der Waals surface area contributed by atoms with Gasteiger partial charge in [0.2, 0.25) is 0 Å². The highest BCUT2D eigenvalue weighted by atomic mass is 79.9. The maximum Gasteiger partial charge on any atom is 0.170 e. The van der Waals surface area contributed by atoms with E-state index in [4.69, 9.17) is 10.5 Å². The number of rotatable bonds is 2. The van der Waals surface area contributed by atoms with E-state index in [0.29, 0.717) is 11.3 Å². The minimum atomic E-state index is -0.0834. The molecule has 3 nitrogen and oxygen atoms in total. The highest BCUT2D eigenvalue weighted by Gasteiger charge is 2.42. The second kappa shape index (κ2) is 5.02. The Labute approximate surface area is 116 Å². The van der Waals surface area contributed by atoms with E-state index in [2.05, 4.69) is 22.9 Å². The molecule has 4 unspecified atom stereocenters. The summed E-state index contributed by atoms with van der Waals surface area (Å²) >= 11 is 3.41. The lowest BCUT2D eigenvalue weighted by Crippen LogP contribution is -2.27. The molecule has 1 aliphatic heterocycles. The van der Waals surface area contributed by atoms with Crippen molar-refractivity contribution >= 4 is 27.4 Å². The number of hydrogen-bond acceptors (Lipinski definition) is 3. The van der Waals surface area contributed by atoms with Crippen LogP contribution in [-0.2, 0) is 4.74 Å². The van der Waals surface area contributed by atoms with Crippen LogP contribution in [0.5, 0.6) is 0 Å². The maximum absolute atomic E-state index is 12.6. The molecule has 1 saturated heterocycles. The predicted octanol–water partition coefficient (Wildman–Crippen LogP) is 3.27. The summed E-state index contributed by atoms with van der Waals surface area (Å²) in [5, 5.41) is 0. The van der Waals surface area contributed by atoms with Crippen LogP contribution in [0.3, 0.4) is 0 Å². The predicted molar refractivity (Wildman–Crippen MR) is 75.5 cm³/mol. The fourth-order valence-corrected chi connectivity index (χ4v) is 3.22. The number of hydrogen-bond donors (Lipinski definition) is 1. The normalized spacial score (nSPS) is 31.6. The minimum Gasteiger partial charge on any atom is -0.399 e. The quantitative estimate of drug-likeness (QED) is 0.673. The lowest BCUT2D eigenvalue weighted by Gasteiger charge is -2.18. The van der Waals surface area contributed by atoms with Crippen molar-refractivity contribution in [1.82, 2.24) is 0 Å². The molecule has 0 bridgehead atoms. The summed E-state index contributed by atoms with van der Waals surface area (Å²) in [5.74, 6) is 0.281. The zero-order chi connectivity index (χ0) is 13.4. The van der Waals surface area contributed by atoms with E-state index in [1.54, 1.807) is 18.2 Å². The Balaban J connectivity index is 2.31. The molecule has 98 valence electrons. The highest BCUT2D eigenvalue weighted by molar-refractivity contribution is 9.10. The molecule has 1 aromatic rings. The van der Waals surface area contributed by atoms with E-state index in [-0.39, 0.29) is 29.8 Å². The monoisotopic (exact) mass is 311 g/mol. The molecule has 4 atom stereocenters. The maximum atomic E-state index is 12.6. The van der Waals surface area contributed by atoms with E-state index in [0.717, 1.165) is 4.47 Å². The number of anilines is 1. The van der Waals surface area contributed by atoms with Gasteiger partial charge in [-0.2, -0.15) is 0 Å². The van der Waals surface area contributed by atoms with Crippen molar-refractivity contribution < 1.29 is 9.53 Å². The third-order valence-corrected chi connectivity index (χ3v) is 4.46. The largest absolute Gasteiger partial charge is 0.399 e. The SMILES string of the molecule is CC1OC(C)C(C(=O)c2ccc(N)cc2Br)C1C. The molecule has 4 heteroatoms. The number of ether oxygens (including phenoxy) is 1.